The van der Waals surface area contributed by atoms with Gasteiger partial charge in [-0.3, -0.25) is 0 Å². The Bertz CT molecular complexity index is 398. The van der Waals surface area contributed by atoms with Crippen LogP contribution in [0.3, 0.4) is 0 Å². The van der Waals surface area contributed by atoms with Crippen molar-refractivity contribution in [1.82, 2.24) is 5.32 Å². The summed E-state index contributed by atoms with van der Waals surface area (Å²) in [5.74, 6) is 0. The molecule has 2 nitrogen and oxygen atoms in total. The minimum atomic E-state index is 0.0882. The number of hydrogen-bond acceptors (Lipinski definition) is 2. The van der Waals surface area contributed by atoms with Crippen molar-refractivity contribution in [2.24, 2.45) is 5.41 Å². The van der Waals surface area contributed by atoms with Crippen LogP contribution in [0.2, 0.25) is 0 Å². The molecule has 112 valence electrons. The van der Waals surface area contributed by atoms with Gasteiger partial charge >= 0.3 is 0 Å². The lowest BCUT2D eigenvalue weighted by molar-refractivity contribution is -0.0714. The molecule has 0 aliphatic heterocycles. The van der Waals surface area contributed by atoms with Crippen LogP contribution in [0.5, 0.6) is 0 Å². The molecule has 0 aromatic heterocycles. The third-order valence-electron chi connectivity index (χ3n) is 4.39. The van der Waals surface area contributed by atoms with Crippen LogP contribution in [-0.2, 0) is 4.74 Å². The minimum absolute atomic E-state index is 0.0882. The summed E-state index contributed by atoms with van der Waals surface area (Å²) in [5, 5.41) is 3.76. The van der Waals surface area contributed by atoms with Crippen molar-refractivity contribution in [2.45, 2.75) is 58.1 Å². The molecule has 2 rings (SSSR count). The fourth-order valence-corrected chi connectivity index (χ4v) is 2.94. The van der Waals surface area contributed by atoms with E-state index in [-0.39, 0.29) is 5.60 Å². The summed E-state index contributed by atoms with van der Waals surface area (Å²) in [4.78, 5) is 0. The van der Waals surface area contributed by atoms with E-state index in [1.807, 2.05) is 7.11 Å². The third kappa shape index (κ3) is 4.07. The van der Waals surface area contributed by atoms with Gasteiger partial charge in [-0.1, -0.05) is 51.1 Å². The van der Waals surface area contributed by atoms with Crippen LogP contribution in [0.1, 0.15) is 58.1 Å². The van der Waals surface area contributed by atoms with E-state index in [4.69, 9.17) is 4.74 Å². The Labute approximate surface area is 123 Å². The molecule has 1 atom stereocenters. The Morgan fingerprint density at radius 1 is 1.20 bits per heavy atom. The summed E-state index contributed by atoms with van der Waals surface area (Å²) in [6.45, 7) is 7.87. The van der Waals surface area contributed by atoms with Gasteiger partial charge in [0, 0.05) is 19.7 Å². The van der Waals surface area contributed by atoms with Gasteiger partial charge in [0.15, 0.2) is 0 Å². The summed E-state index contributed by atoms with van der Waals surface area (Å²) in [6.07, 6.45) is 4.81. The van der Waals surface area contributed by atoms with Crippen LogP contribution in [0.25, 0.3) is 0 Å². The van der Waals surface area contributed by atoms with Crippen LogP contribution in [-0.4, -0.2) is 19.3 Å². The smallest absolute Gasteiger partial charge is 0.0802 e. The minimum Gasteiger partial charge on any atom is -0.377 e. The molecule has 0 saturated heterocycles. The summed E-state index contributed by atoms with van der Waals surface area (Å²) in [6, 6.07) is 11.2. The molecule has 0 heterocycles. The van der Waals surface area contributed by atoms with E-state index in [9.17, 15) is 0 Å². The Morgan fingerprint density at radius 3 is 2.30 bits per heavy atom. The first-order valence-corrected chi connectivity index (χ1v) is 7.78. The molecule has 2 heteroatoms. The predicted molar refractivity (Wildman–Crippen MR) is 84.8 cm³/mol. The second-order valence-electron chi connectivity index (χ2n) is 7.35. The molecule has 0 radical (unpaired) electrons. The molecular formula is C18H29NO. The monoisotopic (exact) mass is 275 g/mol. The van der Waals surface area contributed by atoms with E-state index in [0.717, 1.165) is 13.0 Å². The zero-order valence-corrected chi connectivity index (χ0v) is 13.4. The van der Waals surface area contributed by atoms with Gasteiger partial charge in [-0.2, -0.15) is 0 Å². The highest BCUT2D eigenvalue weighted by molar-refractivity contribution is 5.19. The van der Waals surface area contributed by atoms with Gasteiger partial charge in [0.25, 0.3) is 0 Å². The Balaban J connectivity index is 2.03. The number of ether oxygens (including phenoxy) is 1. The van der Waals surface area contributed by atoms with Crippen molar-refractivity contribution < 1.29 is 4.74 Å². The lowest BCUT2D eigenvalue weighted by atomic mass is 9.79. The quantitative estimate of drug-likeness (QED) is 0.834. The van der Waals surface area contributed by atoms with Gasteiger partial charge in [0.1, 0.15) is 0 Å². The SMILES string of the molecule is COC1(CNC(CC(C)(C)C)c2ccccc2)CCC1. The zero-order chi connectivity index (χ0) is 14.6. The largest absolute Gasteiger partial charge is 0.377 e. The maximum absolute atomic E-state index is 5.73. The second kappa shape index (κ2) is 6.28. The molecule has 1 aliphatic carbocycles. The first kappa shape index (κ1) is 15.5. The van der Waals surface area contributed by atoms with Crippen LogP contribution >= 0.6 is 0 Å². The van der Waals surface area contributed by atoms with Crippen LogP contribution < -0.4 is 5.32 Å². The van der Waals surface area contributed by atoms with E-state index < -0.39 is 0 Å². The van der Waals surface area contributed by atoms with Crippen molar-refractivity contribution in [3.8, 4) is 0 Å². The molecule has 1 unspecified atom stereocenters. The number of rotatable bonds is 6. The molecule has 0 bridgehead atoms. The van der Waals surface area contributed by atoms with Crippen LogP contribution in [0.15, 0.2) is 30.3 Å². The molecule has 1 aromatic carbocycles. The first-order valence-electron chi connectivity index (χ1n) is 7.78. The standard InChI is InChI=1S/C18H29NO/c1-17(2,3)13-16(15-9-6-5-7-10-15)19-14-18(20-4)11-8-12-18/h5-7,9-10,16,19H,8,11-14H2,1-4H3. The summed E-state index contributed by atoms with van der Waals surface area (Å²) < 4.78 is 5.73. The fourth-order valence-electron chi connectivity index (χ4n) is 2.94. The number of nitrogens with one attached hydrogen (secondary N) is 1. The van der Waals surface area contributed by atoms with Crippen molar-refractivity contribution in [3.63, 3.8) is 0 Å². The molecule has 1 N–H and O–H groups in total. The van der Waals surface area contributed by atoms with E-state index in [1.54, 1.807) is 0 Å². The number of hydrogen-bond donors (Lipinski definition) is 1. The second-order valence-corrected chi connectivity index (χ2v) is 7.35. The van der Waals surface area contributed by atoms with Crippen LogP contribution in [0, 0.1) is 5.41 Å². The zero-order valence-electron chi connectivity index (χ0n) is 13.4. The van der Waals surface area contributed by atoms with Gasteiger partial charge in [0.05, 0.1) is 5.60 Å². The lowest BCUT2D eigenvalue weighted by Crippen LogP contribution is -2.49. The Morgan fingerprint density at radius 2 is 1.85 bits per heavy atom. The maximum atomic E-state index is 5.73. The molecule has 1 saturated carbocycles. The maximum Gasteiger partial charge on any atom is 0.0802 e. The van der Waals surface area contributed by atoms with Gasteiger partial charge in [-0.25, -0.2) is 0 Å². The van der Waals surface area contributed by atoms with Crippen molar-refractivity contribution >= 4 is 0 Å². The first-order chi connectivity index (χ1) is 9.44. The van der Waals surface area contributed by atoms with Crippen molar-refractivity contribution in [1.29, 1.82) is 0 Å². The highest BCUT2D eigenvalue weighted by Gasteiger charge is 2.37. The summed E-state index contributed by atoms with van der Waals surface area (Å²) in [7, 11) is 1.85. The average Bonchev–Trinajstić information content (AvgIpc) is 2.36. The molecule has 0 amide bonds. The molecule has 1 aromatic rings. The van der Waals surface area contributed by atoms with Crippen molar-refractivity contribution in [2.75, 3.05) is 13.7 Å². The molecule has 1 fully saturated rings. The van der Waals surface area contributed by atoms with Crippen molar-refractivity contribution in [3.05, 3.63) is 35.9 Å². The van der Waals surface area contributed by atoms with Gasteiger partial charge in [0.2, 0.25) is 0 Å². The number of methoxy groups -OCH3 is 1. The van der Waals surface area contributed by atoms with Gasteiger partial charge in [-0.15, -0.1) is 0 Å². The average molecular weight is 275 g/mol. The summed E-state index contributed by atoms with van der Waals surface area (Å²) in [5.41, 5.74) is 1.78. The molecule has 0 spiro atoms. The normalized spacial score (nSPS) is 19.4. The van der Waals surface area contributed by atoms with E-state index in [2.05, 4.69) is 56.4 Å². The van der Waals surface area contributed by atoms with Crippen LogP contribution in [0.4, 0.5) is 0 Å². The Hall–Kier alpha value is -0.860. The fraction of sp³-hybridized carbons (Fsp3) is 0.667. The lowest BCUT2D eigenvalue weighted by Gasteiger charge is -2.42. The van der Waals surface area contributed by atoms with E-state index >= 15 is 0 Å². The van der Waals surface area contributed by atoms with E-state index in [1.165, 1.54) is 24.8 Å². The van der Waals surface area contributed by atoms with Gasteiger partial charge < -0.3 is 10.1 Å². The summed E-state index contributed by atoms with van der Waals surface area (Å²) >= 11 is 0. The molecule has 1 aliphatic rings. The predicted octanol–water partition coefficient (Wildman–Crippen LogP) is 4.32. The highest BCUT2D eigenvalue weighted by atomic mass is 16.5. The third-order valence-corrected chi connectivity index (χ3v) is 4.39. The highest BCUT2D eigenvalue weighted by Crippen LogP contribution is 2.36. The van der Waals surface area contributed by atoms with Gasteiger partial charge in [-0.05, 0) is 36.7 Å². The molecule has 20 heavy (non-hydrogen) atoms. The van der Waals surface area contributed by atoms with E-state index in [0.29, 0.717) is 11.5 Å². The Kier molecular flexibility index (Phi) is 4.87. The topological polar surface area (TPSA) is 21.3 Å². The number of benzene rings is 1. The molecular weight excluding hydrogens is 246 g/mol.